The summed E-state index contributed by atoms with van der Waals surface area (Å²) >= 11 is 3.38. The highest BCUT2D eigenvalue weighted by atomic mass is 79.9. The van der Waals surface area contributed by atoms with Gasteiger partial charge in [-0.05, 0) is 55.3 Å². The number of rotatable bonds is 5. The minimum absolute atomic E-state index is 0.162. The summed E-state index contributed by atoms with van der Waals surface area (Å²) in [5, 5.41) is 0. The lowest BCUT2D eigenvalue weighted by atomic mass is 10.2. The minimum Gasteiger partial charge on any atom is -0.460 e. The Balaban J connectivity index is 2.29. The molecule has 0 saturated heterocycles. The van der Waals surface area contributed by atoms with Crippen molar-refractivity contribution in [3.8, 4) is 5.75 Å². The fourth-order valence-corrected chi connectivity index (χ4v) is 2.11. The third-order valence-corrected chi connectivity index (χ3v) is 3.39. The van der Waals surface area contributed by atoms with Gasteiger partial charge in [0, 0.05) is 4.47 Å². The molecule has 0 aliphatic heterocycles. The largest absolute Gasteiger partial charge is 0.460 e. The zero-order chi connectivity index (χ0) is 15.9. The molecule has 2 aromatic carbocycles. The molecular weight excluding hydrogens is 344 g/mol. The van der Waals surface area contributed by atoms with Gasteiger partial charge >= 0.3 is 5.97 Å². The van der Waals surface area contributed by atoms with Gasteiger partial charge in [0.1, 0.15) is 5.75 Å². The molecule has 22 heavy (non-hydrogen) atoms. The Morgan fingerprint density at radius 2 is 1.91 bits per heavy atom. The summed E-state index contributed by atoms with van der Waals surface area (Å²) in [7, 11) is 0. The number of benzene rings is 2. The van der Waals surface area contributed by atoms with Gasteiger partial charge < -0.3 is 9.47 Å². The Morgan fingerprint density at radius 3 is 2.55 bits per heavy atom. The summed E-state index contributed by atoms with van der Waals surface area (Å²) in [6, 6.07) is 15.1. The number of hydrogen-bond acceptors (Lipinski definition) is 3. The number of hydrogen-bond donors (Lipinski definition) is 0. The smallest absolute Gasteiger partial charge is 0.374 e. The van der Waals surface area contributed by atoms with E-state index in [1.54, 1.807) is 13.0 Å². The monoisotopic (exact) mass is 360 g/mol. The van der Waals surface area contributed by atoms with Crippen molar-refractivity contribution in [3.63, 3.8) is 0 Å². The second-order valence-corrected chi connectivity index (χ2v) is 5.61. The predicted molar refractivity (Wildman–Crippen MR) is 90.6 cm³/mol. The number of ether oxygens (including phenoxy) is 2. The second-order valence-electron chi connectivity index (χ2n) is 4.70. The van der Waals surface area contributed by atoms with E-state index in [1.165, 1.54) is 0 Å². The van der Waals surface area contributed by atoms with Crippen LogP contribution >= 0.6 is 15.9 Å². The molecule has 0 N–H and O–H groups in total. The predicted octanol–water partition coefficient (Wildman–Crippen LogP) is 4.74. The molecule has 0 spiro atoms. The minimum atomic E-state index is -0.480. The lowest BCUT2D eigenvalue weighted by Crippen LogP contribution is -2.12. The Bertz CT molecular complexity index is 675. The maximum Gasteiger partial charge on any atom is 0.374 e. The molecule has 0 unspecified atom stereocenters. The highest BCUT2D eigenvalue weighted by Gasteiger charge is 2.13. The van der Waals surface area contributed by atoms with Gasteiger partial charge in [0.15, 0.2) is 0 Å². The molecule has 0 radical (unpaired) electrons. The van der Waals surface area contributed by atoms with E-state index in [0.29, 0.717) is 12.4 Å². The lowest BCUT2D eigenvalue weighted by molar-refractivity contribution is -0.140. The highest BCUT2D eigenvalue weighted by Crippen LogP contribution is 2.19. The third kappa shape index (κ3) is 4.74. The Labute approximate surface area is 138 Å². The fraction of sp³-hybridized carbons (Fsp3) is 0.167. The quantitative estimate of drug-likeness (QED) is 0.438. The number of halogens is 1. The Kier molecular flexibility index (Phi) is 5.78. The zero-order valence-corrected chi connectivity index (χ0v) is 14.1. The van der Waals surface area contributed by atoms with Crippen LogP contribution in [-0.2, 0) is 9.53 Å². The van der Waals surface area contributed by atoms with Gasteiger partial charge in [-0.15, -0.1) is 0 Å². The zero-order valence-electron chi connectivity index (χ0n) is 12.5. The molecule has 114 valence electrons. The molecule has 0 amide bonds. The topological polar surface area (TPSA) is 35.5 Å². The third-order valence-electron chi connectivity index (χ3n) is 2.86. The van der Waals surface area contributed by atoms with Gasteiger partial charge in [-0.25, -0.2) is 4.79 Å². The van der Waals surface area contributed by atoms with Gasteiger partial charge in [0.25, 0.3) is 0 Å². The van der Waals surface area contributed by atoms with Gasteiger partial charge in [0.05, 0.1) is 6.61 Å². The maximum atomic E-state index is 12.1. The van der Waals surface area contributed by atoms with E-state index in [9.17, 15) is 4.79 Å². The van der Waals surface area contributed by atoms with Crippen LogP contribution in [0.25, 0.3) is 6.08 Å². The summed E-state index contributed by atoms with van der Waals surface area (Å²) < 4.78 is 11.8. The number of carbonyl (C=O) groups excluding carboxylic acids is 1. The van der Waals surface area contributed by atoms with Crippen LogP contribution in [0.3, 0.4) is 0 Å². The van der Waals surface area contributed by atoms with E-state index in [-0.39, 0.29) is 5.76 Å². The molecule has 4 heteroatoms. The number of esters is 1. The van der Waals surface area contributed by atoms with Crippen molar-refractivity contribution in [1.29, 1.82) is 0 Å². The van der Waals surface area contributed by atoms with E-state index in [1.807, 2.05) is 55.5 Å². The van der Waals surface area contributed by atoms with Gasteiger partial charge in [0.2, 0.25) is 5.76 Å². The van der Waals surface area contributed by atoms with Crippen LogP contribution in [-0.4, -0.2) is 12.6 Å². The van der Waals surface area contributed by atoms with Crippen molar-refractivity contribution < 1.29 is 14.3 Å². The summed E-state index contributed by atoms with van der Waals surface area (Å²) in [6.45, 7) is 4.03. The van der Waals surface area contributed by atoms with Crippen molar-refractivity contribution in [2.75, 3.05) is 6.61 Å². The molecule has 2 aromatic rings. The summed E-state index contributed by atoms with van der Waals surface area (Å²) in [4.78, 5) is 12.1. The van der Waals surface area contributed by atoms with Crippen molar-refractivity contribution in [3.05, 3.63) is 69.9 Å². The van der Waals surface area contributed by atoms with Crippen LogP contribution in [0.1, 0.15) is 18.1 Å². The first-order valence-electron chi connectivity index (χ1n) is 6.97. The van der Waals surface area contributed by atoms with Gasteiger partial charge in [-0.3, -0.25) is 0 Å². The standard InChI is InChI=1S/C18H17BrO3/c1-3-21-18(20)17(12-14-7-9-15(19)10-8-14)22-16-6-4-5-13(2)11-16/h4-12H,3H2,1-2H3/b17-12-. The fourth-order valence-electron chi connectivity index (χ4n) is 1.85. The molecule has 0 heterocycles. The summed E-state index contributed by atoms with van der Waals surface area (Å²) in [5.74, 6) is 0.290. The molecule has 0 saturated carbocycles. The van der Waals surface area contributed by atoms with Crippen molar-refractivity contribution in [1.82, 2.24) is 0 Å². The molecule has 0 aromatic heterocycles. The lowest BCUT2D eigenvalue weighted by Gasteiger charge is -2.10. The van der Waals surface area contributed by atoms with Crippen molar-refractivity contribution in [2.24, 2.45) is 0 Å². The second kappa shape index (κ2) is 7.80. The molecule has 0 aliphatic rings. The molecule has 0 fully saturated rings. The average Bonchev–Trinajstić information content (AvgIpc) is 2.49. The first-order chi connectivity index (χ1) is 10.6. The molecule has 3 nitrogen and oxygen atoms in total. The van der Waals surface area contributed by atoms with Gasteiger partial charge in [-0.1, -0.05) is 40.2 Å². The molecular formula is C18H17BrO3. The first kappa shape index (κ1) is 16.3. The van der Waals surface area contributed by atoms with Crippen LogP contribution < -0.4 is 4.74 Å². The van der Waals surface area contributed by atoms with Crippen LogP contribution in [0, 0.1) is 6.92 Å². The summed E-state index contributed by atoms with van der Waals surface area (Å²) in [5.41, 5.74) is 1.92. The molecule has 0 bridgehead atoms. The van der Waals surface area contributed by atoms with Gasteiger partial charge in [-0.2, -0.15) is 0 Å². The highest BCUT2D eigenvalue weighted by molar-refractivity contribution is 9.10. The normalized spacial score (nSPS) is 11.1. The van der Waals surface area contributed by atoms with E-state index >= 15 is 0 Å². The van der Waals surface area contributed by atoms with Crippen LogP contribution in [0.4, 0.5) is 0 Å². The van der Waals surface area contributed by atoms with Crippen LogP contribution in [0.5, 0.6) is 5.75 Å². The average molecular weight is 361 g/mol. The SMILES string of the molecule is CCOC(=O)/C(=C/c1ccc(Br)cc1)Oc1cccc(C)c1. The number of aryl methyl sites for hydroxylation is 1. The summed E-state index contributed by atoms with van der Waals surface area (Å²) in [6.07, 6.45) is 1.67. The van der Waals surface area contributed by atoms with E-state index in [2.05, 4.69) is 15.9 Å². The van der Waals surface area contributed by atoms with E-state index in [4.69, 9.17) is 9.47 Å². The van der Waals surface area contributed by atoms with Crippen molar-refractivity contribution >= 4 is 28.0 Å². The molecule has 0 aliphatic carbocycles. The van der Waals surface area contributed by atoms with Crippen LogP contribution in [0.15, 0.2) is 58.8 Å². The maximum absolute atomic E-state index is 12.1. The van der Waals surface area contributed by atoms with Crippen LogP contribution in [0.2, 0.25) is 0 Å². The molecule has 2 rings (SSSR count). The van der Waals surface area contributed by atoms with Crippen molar-refractivity contribution in [2.45, 2.75) is 13.8 Å². The Morgan fingerprint density at radius 1 is 1.18 bits per heavy atom. The first-order valence-corrected chi connectivity index (χ1v) is 7.76. The Hall–Kier alpha value is -2.07. The van der Waals surface area contributed by atoms with E-state index < -0.39 is 5.97 Å². The van der Waals surface area contributed by atoms with E-state index in [0.717, 1.165) is 15.6 Å². The number of carbonyl (C=O) groups is 1. The molecule has 0 atom stereocenters.